The van der Waals surface area contributed by atoms with Crippen LogP contribution in [0.4, 0.5) is 13.2 Å². The Morgan fingerprint density at radius 2 is 1.96 bits per heavy atom. The molecule has 1 aromatic heterocycles. The Morgan fingerprint density at radius 1 is 1.30 bits per heavy atom. The highest BCUT2D eigenvalue weighted by Crippen LogP contribution is 2.26. The summed E-state index contributed by atoms with van der Waals surface area (Å²) in [7, 11) is 4.06. The molecule has 1 aliphatic rings. The van der Waals surface area contributed by atoms with E-state index in [1.165, 1.54) is 16.7 Å². The highest BCUT2D eigenvalue weighted by atomic mass is 32.1. The summed E-state index contributed by atoms with van der Waals surface area (Å²) in [5, 5.41) is 5.34. The Kier molecular flexibility index (Phi) is 7.93. The number of halogens is 3. The molecule has 0 aliphatic carbocycles. The van der Waals surface area contributed by atoms with Gasteiger partial charge in [-0.25, -0.2) is 0 Å². The molecule has 2 unspecified atom stereocenters. The zero-order valence-corrected chi connectivity index (χ0v) is 17.3. The van der Waals surface area contributed by atoms with Crippen molar-refractivity contribution in [3.05, 3.63) is 22.4 Å². The van der Waals surface area contributed by atoms with Crippen LogP contribution in [0.2, 0.25) is 0 Å². The molecule has 1 fully saturated rings. The van der Waals surface area contributed by atoms with Gasteiger partial charge >= 0.3 is 6.18 Å². The highest BCUT2D eigenvalue weighted by molar-refractivity contribution is 7.10. The minimum atomic E-state index is -4.18. The molecule has 0 aromatic carbocycles. The molecule has 1 aliphatic heterocycles. The molecular weight excluding hydrogens is 375 g/mol. The lowest BCUT2D eigenvalue weighted by atomic mass is 10.2. The van der Waals surface area contributed by atoms with Gasteiger partial charge in [0.25, 0.3) is 0 Å². The van der Waals surface area contributed by atoms with Gasteiger partial charge in [-0.3, -0.25) is 9.89 Å². The zero-order chi connectivity index (χ0) is 20.0. The second-order valence-electron chi connectivity index (χ2n) is 6.93. The van der Waals surface area contributed by atoms with E-state index in [4.69, 9.17) is 4.99 Å². The van der Waals surface area contributed by atoms with Crippen LogP contribution >= 0.6 is 11.3 Å². The molecule has 2 atom stereocenters. The van der Waals surface area contributed by atoms with Crippen LogP contribution < -0.4 is 5.32 Å². The normalized spacial score (nSPS) is 19.4. The van der Waals surface area contributed by atoms with E-state index >= 15 is 0 Å². The van der Waals surface area contributed by atoms with Crippen molar-refractivity contribution >= 4 is 17.3 Å². The standard InChI is InChI=1S/C18H30F3N5S/c1-5-22-17(23-13-15(24(3)4)16-7-6-12-27-16)26-10-8-25(9-11-26)14(2)18(19,20)21/h6-7,12,14-15H,5,8-11,13H2,1-4H3,(H,22,23). The summed E-state index contributed by atoms with van der Waals surface area (Å²) in [6.45, 7) is 6.41. The lowest BCUT2D eigenvalue weighted by Gasteiger charge is -2.39. The first kappa shape index (κ1) is 22.0. The molecule has 5 nitrogen and oxygen atoms in total. The van der Waals surface area contributed by atoms with Gasteiger partial charge < -0.3 is 15.1 Å². The topological polar surface area (TPSA) is 34.1 Å². The highest BCUT2D eigenvalue weighted by Gasteiger charge is 2.41. The lowest BCUT2D eigenvalue weighted by molar-refractivity contribution is -0.181. The van der Waals surface area contributed by atoms with Crippen LogP contribution in [0.25, 0.3) is 0 Å². The summed E-state index contributed by atoms with van der Waals surface area (Å²) in [6.07, 6.45) is -4.18. The first-order valence-corrected chi connectivity index (χ1v) is 10.2. The number of hydrogen-bond donors (Lipinski definition) is 1. The molecule has 0 bridgehead atoms. The molecule has 2 rings (SSSR count). The molecule has 0 radical (unpaired) electrons. The molecule has 27 heavy (non-hydrogen) atoms. The molecule has 0 spiro atoms. The summed E-state index contributed by atoms with van der Waals surface area (Å²) in [4.78, 5) is 11.7. The van der Waals surface area contributed by atoms with Gasteiger partial charge in [0.15, 0.2) is 5.96 Å². The van der Waals surface area contributed by atoms with E-state index in [2.05, 4.69) is 26.6 Å². The maximum Gasteiger partial charge on any atom is 0.403 e. The molecule has 1 saturated heterocycles. The third-order valence-corrected chi connectivity index (χ3v) is 5.85. The Labute approximate surface area is 163 Å². The van der Waals surface area contributed by atoms with Gasteiger partial charge in [0, 0.05) is 37.6 Å². The third kappa shape index (κ3) is 6.08. The number of rotatable bonds is 6. The van der Waals surface area contributed by atoms with Crippen molar-refractivity contribution in [1.29, 1.82) is 0 Å². The number of piperazine rings is 1. The molecule has 2 heterocycles. The number of aliphatic imine (C=N–C) groups is 1. The van der Waals surface area contributed by atoms with Gasteiger partial charge in [-0.1, -0.05) is 6.07 Å². The number of hydrogen-bond acceptors (Lipinski definition) is 4. The predicted molar refractivity (Wildman–Crippen MR) is 105 cm³/mol. The van der Waals surface area contributed by atoms with Crippen LogP contribution in [-0.4, -0.2) is 86.2 Å². The number of nitrogens with one attached hydrogen (secondary N) is 1. The summed E-state index contributed by atoms with van der Waals surface area (Å²) in [5.41, 5.74) is 0. The van der Waals surface area contributed by atoms with E-state index in [-0.39, 0.29) is 6.04 Å². The average Bonchev–Trinajstić information content (AvgIpc) is 3.14. The van der Waals surface area contributed by atoms with E-state index in [1.54, 1.807) is 11.3 Å². The first-order chi connectivity index (χ1) is 12.7. The van der Waals surface area contributed by atoms with Crippen molar-refractivity contribution in [2.75, 3.05) is 53.4 Å². The molecular formula is C18H30F3N5S. The van der Waals surface area contributed by atoms with Crippen LogP contribution in [0.5, 0.6) is 0 Å². The number of thiophene rings is 1. The fraction of sp³-hybridized carbons (Fsp3) is 0.722. The van der Waals surface area contributed by atoms with Crippen molar-refractivity contribution in [3.63, 3.8) is 0 Å². The van der Waals surface area contributed by atoms with Gasteiger partial charge in [-0.15, -0.1) is 11.3 Å². The Morgan fingerprint density at radius 3 is 2.44 bits per heavy atom. The van der Waals surface area contributed by atoms with E-state index in [0.717, 1.165) is 12.5 Å². The number of guanidine groups is 1. The smallest absolute Gasteiger partial charge is 0.357 e. The summed E-state index contributed by atoms with van der Waals surface area (Å²) >= 11 is 1.71. The van der Waals surface area contributed by atoms with Gasteiger partial charge in [-0.2, -0.15) is 13.2 Å². The van der Waals surface area contributed by atoms with Crippen LogP contribution in [0.1, 0.15) is 24.8 Å². The maximum atomic E-state index is 12.9. The number of alkyl halides is 3. The molecule has 0 saturated carbocycles. The number of likely N-dealkylation sites (N-methyl/N-ethyl adjacent to an activating group) is 1. The predicted octanol–water partition coefficient (Wildman–Crippen LogP) is 2.88. The van der Waals surface area contributed by atoms with Crippen molar-refractivity contribution in [1.82, 2.24) is 20.0 Å². The van der Waals surface area contributed by atoms with Gasteiger partial charge in [0.1, 0.15) is 6.04 Å². The molecule has 154 valence electrons. The second kappa shape index (κ2) is 9.75. The average molecular weight is 406 g/mol. The maximum absolute atomic E-state index is 12.9. The van der Waals surface area contributed by atoms with Crippen molar-refractivity contribution < 1.29 is 13.2 Å². The SMILES string of the molecule is CCNC(=NCC(c1cccs1)N(C)C)N1CCN(C(C)C(F)(F)F)CC1. The number of nitrogens with zero attached hydrogens (tertiary/aromatic N) is 4. The summed E-state index contributed by atoms with van der Waals surface area (Å²) < 4.78 is 38.8. The molecule has 0 amide bonds. The van der Waals surface area contributed by atoms with Crippen LogP contribution in [0.15, 0.2) is 22.5 Å². The van der Waals surface area contributed by atoms with Crippen LogP contribution in [0, 0.1) is 0 Å². The second-order valence-corrected chi connectivity index (χ2v) is 7.91. The minimum Gasteiger partial charge on any atom is -0.357 e. The lowest BCUT2D eigenvalue weighted by Crippen LogP contribution is -2.56. The van der Waals surface area contributed by atoms with Crippen molar-refractivity contribution in [3.8, 4) is 0 Å². The fourth-order valence-corrected chi connectivity index (χ4v) is 4.03. The third-order valence-electron chi connectivity index (χ3n) is 4.88. The summed E-state index contributed by atoms with van der Waals surface area (Å²) in [6, 6.07) is 2.92. The largest absolute Gasteiger partial charge is 0.403 e. The first-order valence-electron chi connectivity index (χ1n) is 9.27. The van der Waals surface area contributed by atoms with Crippen LogP contribution in [0.3, 0.4) is 0 Å². The van der Waals surface area contributed by atoms with Gasteiger partial charge in [0.05, 0.1) is 12.6 Å². The minimum absolute atomic E-state index is 0.185. The van der Waals surface area contributed by atoms with E-state index in [0.29, 0.717) is 32.7 Å². The van der Waals surface area contributed by atoms with E-state index in [9.17, 15) is 13.2 Å². The Hall–Kier alpha value is -1.32. The Bertz CT molecular complexity index is 580. The van der Waals surface area contributed by atoms with Gasteiger partial charge in [-0.05, 0) is 39.4 Å². The van der Waals surface area contributed by atoms with Crippen molar-refractivity contribution in [2.24, 2.45) is 4.99 Å². The molecule has 1 aromatic rings. The monoisotopic (exact) mass is 405 g/mol. The molecule has 1 N–H and O–H groups in total. The Balaban J connectivity index is 2.01. The quantitative estimate of drug-likeness (QED) is 0.583. The zero-order valence-electron chi connectivity index (χ0n) is 16.5. The van der Waals surface area contributed by atoms with E-state index < -0.39 is 12.2 Å². The van der Waals surface area contributed by atoms with Crippen molar-refractivity contribution in [2.45, 2.75) is 32.1 Å². The summed E-state index contributed by atoms with van der Waals surface area (Å²) in [5.74, 6) is 0.778. The van der Waals surface area contributed by atoms with Gasteiger partial charge in [0.2, 0.25) is 0 Å². The van der Waals surface area contributed by atoms with Crippen LogP contribution in [-0.2, 0) is 0 Å². The van der Waals surface area contributed by atoms with E-state index in [1.807, 2.05) is 27.1 Å². The molecule has 9 heteroatoms. The fourth-order valence-electron chi connectivity index (χ4n) is 3.12.